The average Bonchev–Trinajstić information content (AvgIpc) is 2.69. The lowest BCUT2D eigenvalue weighted by Crippen LogP contribution is -2.02. The number of furan rings is 1. The normalized spacial score (nSPS) is 12.5. The summed E-state index contributed by atoms with van der Waals surface area (Å²) in [6.07, 6.45) is -1.19. The van der Waals surface area contributed by atoms with Crippen molar-refractivity contribution in [3.05, 3.63) is 50.5 Å². The highest BCUT2D eigenvalue weighted by Gasteiger charge is 2.22. The van der Waals surface area contributed by atoms with Gasteiger partial charge in [0.1, 0.15) is 11.9 Å². The van der Waals surface area contributed by atoms with Crippen LogP contribution in [0.5, 0.6) is 5.75 Å². The Labute approximate surface area is 120 Å². The van der Waals surface area contributed by atoms with Gasteiger partial charge >= 0.3 is 0 Å². The SMILES string of the molecule is COc1cccc(C(O)c2cc(Br)c(Br)o2)c1F. The smallest absolute Gasteiger partial charge is 0.183 e. The first-order chi connectivity index (χ1) is 8.54. The summed E-state index contributed by atoms with van der Waals surface area (Å²) >= 11 is 6.39. The van der Waals surface area contributed by atoms with Gasteiger partial charge < -0.3 is 14.3 Å². The number of rotatable bonds is 3. The molecule has 1 aromatic carbocycles. The van der Waals surface area contributed by atoms with Crippen LogP contribution in [-0.4, -0.2) is 12.2 Å². The second-order valence-corrected chi connectivity index (χ2v) is 5.11. The molecule has 2 rings (SSSR count). The van der Waals surface area contributed by atoms with E-state index < -0.39 is 11.9 Å². The summed E-state index contributed by atoms with van der Waals surface area (Å²) in [5.41, 5.74) is 0.100. The minimum Gasteiger partial charge on any atom is -0.494 e. The van der Waals surface area contributed by atoms with E-state index in [9.17, 15) is 9.50 Å². The average molecular weight is 380 g/mol. The van der Waals surface area contributed by atoms with Crippen LogP contribution in [0.1, 0.15) is 17.4 Å². The lowest BCUT2D eigenvalue weighted by molar-refractivity contribution is 0.182. The number of benzene rings is 1. The van der Waals surface area contributed by atoms with E-state index in [2.05, 4.69) is 31.9 Å². The lowest BCUT2D eigenvalue weighted by Gasteiger charge is -2.11. The summed E-state index contributed by atoms with van der Waals surface area (Å²) < 4.78 is 25.2. The third-order valence-electron chi connectivity index (χ3n) is 2.44. The number of halogens is 3. The van der Waals surface area contributed by atoms with Gasteiger partial charge in [0.05, 0.1) is 11.6 Å². The Balaban J connectivity index is 2.42. The van der Waals surface area contributed by atoms with E-state index >= 15 is 0 Å². The summed E-state index contributed by atoms with van der Waals surface area (Å²) in [6.45, 7) is 0. The fourth-order valence-electron chi connectivity index (χ4n) is 1.55. The number of hydrogen-bond acceptors (Lipinski definition) is 3. The van der Waals surface area contributed by atoms with Gasteiger partial charge in [-0.1, -0.05) is 12.1 Å². The zero-order valence-corrected chi connectivity index (χ0v) is 12.5. The molecule has 2 aromatic rings. The van der Waals surface area contributed by atoms with Crippen molar-refractivity contribution in [2.75, 3.05) is 7.11 Å². The molecule has 0 radical (unpaired) electrons. The van der Waals surface area contributed by atoms with Gasteiger partial charge in [-0.15, -0.1) is 0 Å². The topological polar surface area (TPSA) is 42.6 Å². The van der Waals surface area contributed by atoms with Crippen molar-refractivity contribution < 1.29 is 18.7 Å². The molecule has 0 aliphatic rings. The molecular weight excluding hydrogens is 371 g/mol. The molecule has 1 unspecified atom stereocenters. The summed E-state index contributed by atoms with van der Waals surface area (Å²) in [4.78, 5) is 0. The third kappa shape index (κ3) is 2.46. The van der Waals surface area contributed by atoms with Crippen molar-refractivity contribution in [1.29, 1.82) is 0 Å². The second-order valence-electron chi connectivity index (χ2n) is 3.54. The molecule has 0 bridgehead atoms. The number of methoxy groups -OCH3 is 1. The quantitative estimate of drug-likeness (QED) is 0.875. The fourth-order valence-corrected chi connectivity index (χ4v) is 2.16. The van der Waals surface area contributed by atoms with E-state index in [0.29, 0.717) is 9.14 Å². The maximum atomic E-state index is 14.0. The predicted molar refractivity (Wildman–Crippen MR) is 71.1 cm³/mol. The number of ether oxygens (including phenoxy) is 1. The Kier molecular flexibility index (Phi) is 4.09. The first-order valence-electron chi connectivity index (χ1n) is 4.99. The lowest BCUT2D eigenvalue weighted by atomic mass is 10.1. The molecule has 1 atom stereocenters. The highest BCUT2D eigenvalue weighted by molar-refractivity contribution is 9.13. The summed E-state index contributed by atoms with van der Waals surface area (Å²) in [6, 6.07) is 6.15. The van der Waals surface area contributed by atoms with E-state index in [1.165, 1.54) is 19.2 Å². The Hall–Kier alpha value is -0.850. The van der Waals surface area contributed by atoms with Crippen molar-refractivity contribution in [2.45, 2.75) is 6.10 Å². The van der Waals surface area contributed by atoms with Crippen molar-refractivity contribution in [2.24, 2.45) is 0 Å². The first-order valence-corrected chi connectivity index (χ1v) is 6.58. The van der Waals surface area contributed by atoms with E-state index in [1.807, 2.05) is 0 Å². The van der Waals surface area contributed by atoms with Crippen LogP contribution in [0.3, 0.4) is 0 Å². The Morgan fingerprint density at radius 3 is 2.67 bits per heavy atom. The van der Waals surface area contributed by atoms with Crippen LogP contribution < -0.4 is 4.74 Å². The molecule has 1 heterocycles. The molecule has 1 aromatic heterocycles. The summed E-state index contributed by atoms with van der Waals surface area (Å²) in [7, 11) is 1.37. The maximum Gasteiger partial charge on any atom is 0.183 e. The van der Waals surface area contributed by atoms with Crippen LogP contribution in [0.15, 0.2) is 37.8 Å². The molecule has 18 heavy (non-hydrogen) atoms. The predicted octanol–water partition coefficient (Wildman–Crippen LogP) is 4.03. The van der Waals surface area contributed by atoms with E-state index in [0.717, 1.165) is 0 Å². The largest absolute Gasteiger partial charge is 0.494 e. The van der Waals surface area contributed by atoms with Crippen LogP contribution in [-0.2, 0) is 0 Å². The van der Waals surface area contributed by atoms with Crippen LogP contribution in [0.2, 0.25) is 0 Å². The zero-order valence-electron chi connectivity index (χ0n) is 9.28. The standard InChI is InChI=1S/C12H9Br2FO3/c1-17-8-4-2-3-6(10(8)15)11(16)9-5-7(13)12(14)18-9/h2-5,11,16H,1H3. The minimum atomic E-state index is -1.19. The molecule has 0 spiro atoms. The molecule has 6 heteroatoms. The van der Waals surface area contributed by atoms with Crippen LogP contribution in [0.25, 0.3) is 0 Å². The molecule has 0 aliphatic carbocycles. The van der Waals surface area contributed by atoms with E-state index in [1.54, 1.807) is 12.1 Å². The molecule has 0 saturated carbocycles. The maximum absolute atomic E-state index is 14.0. The van der Waals surface area contributed by atoms with Gasteiger partial charge in [0.25, 0.3) is 0 Å². The number of aliphatic hydroxyl groups excluding tert-OH is 1. The van der Waals surface area contributed by atoms with Gasteiger partial charge in [0, 0.05) is 5.56 Å². The van der Waals surface area contributed by atoms with Crippen LogP contribution in [0.4, 0.5) is 4.39 Å². The van der Waals surface area contributed by atoms with Gasteiger partial charge in [-0.2, -0.15) is 0 Å². The Bertz CT molecular complexity index is 549. The monoisotopic (exact) mass is 378 g/mol. The van der Waals surface area contributed by atoms with E-state index in [-0.39, 0.29) is 17.1 Å². The summed E-state index contributed by atoms with van der Waals surface area (Å²) in [5, 5.41) is 10.1. The van der Waals surface area contributed by atoms with Crippen molar-refractivity contribution in [1.82, 2.24) is 0 Å². The van der Waals surface area contributed by atoms with E-state index in [4.69, 9.17) is 9.15 Å². The molecule has 3 nitrogen and oxygen atoms in total. The highest BCUT2D eigenvalue weighted by atomic mass is 79.9. The molecular formula is C12H9Br2FO3. The zero-order chi connectivity index (χ0) is 13.3. The number of hydrogen-bond donors (Lipinski definition) is 1. The van der Waals surface area contributed by atoms with Gasteiger partial charge in [-0.05, 0) is 44.0 Å². The van der Waals surface area contributed by atoms with Crippen LogP contribution >= 0.6 is 31.9 Å². The Morgan fingerprint density at radius 1 is 1.39 bits per heavy atom. The van der Waals surface area contributed by atoms with Gasteiger partial charge in [0.15, 0.2) is 16.2 Å². The molecule has 1 N–H and O–H groups in total. The highest BCUT2D eigenvalue weighted by Crippen LogP contribution is 2.34. The first kappa shape index (κ1) is 13.6. The molecule has 96 valence electrons. The third-order valence-corrected chi connectivity index (χ3v) is 4.15. The molecule has 0 saturated heterocycles. The fraction of sp³-hybridized carbons (Fsp3) is 0.167. The van der Waals surface area contributed by atoms with Crippen molar-refractivity contribution in [3.63, 3.8) is 0 Å². The van der Waals surface area contributed by atoms with Crippen LogP contribution in [0, 0.1) is 5.82 Å². The molecule has 0 amide bonds. The minimum absolute atomic E-state index is 0.0798. The Morgan fingerprint density at radius 2 is 2.11 bits per heavy atom. The van der Waals surface area contributed by atoms with Gasteiger partial charge in [-0.3, -0.25) is 0 Å². The van der Waals surface area contributed by atoms with Gasteiger partial charge in [0.2, 0.25) is 0 Å². The molecule has 0 fully saturated rings. The van der Waals surface area contributed by atoms with Crippen molar-refractivity contribution >= 4 is 31.9 Å². The summed E-state index contributed by atoms with van der Waals surface area (Å²) in [5.74, 6) is -0.284. The molecule has 0 aliphatic heterocycles. The van der Waals surface area contributed by atoms with Crippen molar-refractivity contribution in [3.8, 4) is 5.75 Å². The number of aliphatic hydroxyl groups is 1. The second kappa shape index (κ2) is 5.42. The van der Waals surface area contributed by atoms with Gasteiger partial charge in [-0.25, -0.2) is 4.39 Å².